The van der Waals surface area contributed by atoms with Gasteiger partial charge < -0.3 is 9.30 Å². The van der Waals surface area contributed by atoms with Crippen LogP contribution in [0.2, 0.25) is 0 Å². The van der Waals surface area contributed by atoms with Crippen LogP contribution in [0.25, 0.3) is 11.8 Å². The van der Waals surface area contributed by atoms with Gasteiger partial charge in [-0.2, -0.15) is 0 Å². The first-order chi connectivity index (χ1) is 19.1. The Kier molecular flexibility index (Phi) is 7.36. The third kappa shape index (κ3) is 5.18. The van der Waals surface area contributed by atoms with Crippen molar-refractivity contribution in [3.05, 3.63) is 118 Å². The van der Waals surface area contributed by atoms with Crippen LogP contribution in [0.1, 0.15) is 33.6 Å². The Labute approximate surface area is 237 Å². The number of ether oxygens (including phenoxy) is 1. The highest BCUT2D eigenvalue weighted by atomic mass is 32.1. The number of nitrogens with one attached hydrogen (secondary N) is 1. The van der Waals surface area contributed by atoms with Gasteiger partial charge >= 0.3 is 0 Å². The highest BCUT2D eigenvalue weighted by molar-refractivity contribution is 7.80. The van der Waals surface area contributed by atoms with Gasteiger partial charge in [0.1, 0.15) is 23.7 Å². The van der Waals surface area contributed by atoms with Gasteiger partial charge in [0.15, 0.2) is 5.11 Å². The minimum atomic E-state index is -0.530. The van der Waals surface area contributed by atoms with E-state index in [0.29, 0.717) is 17.0 Å². The van der Waals surface area contributed by atoms with Crippen LogP contribution in [0, 0.1) is 33.5 Å². The molecule has 0 radical (unpaired) electrons. The average molecular weight is 554 g/mol. The lowest BCUT2D eigenvalue weighted by Crippen LogP contribution is -2.54. The summed E-state index contributed by atoms with van der Waals surface area (Å²) in [5, 5.41) is 2.73. The number of carbonyl (C=O) groups is 2. The molecule has 1 saturated heterocycles. The van der Waals surface area contributed by atoms with Gasteiger partial charge in [0.25, 0.3) is 11.8 Å². The Hall–Kier alpha value is -4.56. The van der Waals surface area contributed by atoms with E-state index in [9.17, 15) is 14.0 Å². The summed E-state index contributed by atoms with van der Waals surface area (Å²) in [5.74, 6) is -0.687. The van der Waals surface area contributed by atoms with Crippen molar-refractivity contribution in [1.29, 1.82) is 0 Å². The minimum absolute atomic E-state index is 0.00616. The Morgan fingerprint density at radius 2 is 1.68 bits per heavy atom. The van der Waals surface area contributed by atoms with E-state index in [0.717, 1.165) is 33.8 Å². The molecule has 5 rings (SSSR count). The number of anilines is 1. The second-order valence-corrected chi connectivity index (χ2v) is 10.2. The number of amides is 2. The van der Waals surface area contributed by atoms with Gasteiger partial charge in [-0.1, -0.05) is 30.3 Å². The van der Waals surface area contributed by atoms with Crippen molar-refractivity contribution in [2.24, 2.45) is 0 Å². The van der Waals surface area contributed by atoms with Gasteiger partial charge in [0.2, 0.25) is 0 Å². The summed E-state index contributed by atoms with van der Waals surface area (Å²) in [6, 6.07) is 21.7. The molecule has 0 saturated carbocycles. The summed E-state index contributed by atoms with van der Waals surface area (Å²) in [4.78, 5) is 27.8. The molecule has 4 aromatic rings. The topological polar surface area (TPSA) is 63.6 Å². The van der Waals surface area contributed by atoms with Crippen molar-refractivity contribution >= 4 is 40.9 Å². The van der Waals surface area contributed by atoms with Crippen LogP contribution in [0.3, 0.4) is 0 Å². The first kappa shape index (κ1) is 27.0. The van der Waals surface area contributed by atoms with Gasteiger partial charge in [-0.15, -0.1) is 0 Å². The molecule has 1 aromatic heterocycles. The number of halogens is 1. The summed E-state index contributed by atoms with van der Waals surface area (Å²) in [6.07, 6.45) is 1.61. The normalized spacial score (nSPS) is 14.6. The number of aryl methyl sites for hydroxylation is 3. The molecule has 202 valence electrons. The quantitative estimate of drug-likeness (QED) is 0.174. The van der Waals surface area contributed by atoms with Crippen molar-refractivity contribution < 1.29 is 18.7 Å². The number of hydrogen-bond donors (Lipinski definition) is 1. The molecule has 8 heteroatoms. The Bertz CT molecular complexity index is 1690. The summed E-state index contributed by atoms with van der Waals surface area (Å²) < 4.78 is 21.7. The summed E-state index contributed by atoms with van der Waals surface area (Å²) in [7, 11) is 0. The second kappa shape index (κ2) is 10.9. The van der Waals surface area contributed by atoms with Gasteiger partial charge in [0, 0.05) is 22.6 Å². The second-order valence-electron chi connectivity index (χ2n) is 9.78. The molecule has 3 aromatic carbocycles. The highest BCUT2D eigenvalue weighted by Crippen LogP contribution is 2.29. The molecule has 1 N–H and O–H groups in total. The number of hydrogen-bond acceptors (Lipinski definition) is 4. The molecule has 2 amide bonds. The Morgan fingerprint density at radius 1 is 0.950 bits per heavy atom. The van der Waals surface area contributed by atoms with Crippen molar-refractivity contribution in [2.75, 3.05) is 4.90 Å². The predicted molar refractivity (Wildman–Crippen MR) is 158 cm³/mol. The molecule has 0 aliphatic carbocycles. The maximum atomic E-state index is 13.9. The van der Waals surface area contributed by atoms with E-state index < -0.39 is 11.8 Å². The van der Waals surface area contributed by atoms with Crippen LogP contribution in [0.15, 0.2) is 78.4 Å². The lowest BCUT2D eigenvalue weighted by atomic mass is 10.0. The van der Waals surface area contributed by atoms with Crippen molar-refractivity contribution in [1.82, 2.24) is 9.88 Å². The smallest absolute Gasteiger partial charge is 0.270 e. The van der Waals surface area contributed by atoms with E-state index in [1.54, 1.807) is 24.3 Å². The molecule has 6 nitrogen and oxygen atoms in total. The van der Waals surface area contributed by atoms with Crippen LogP contribution in [-0.4, -0.2) is 21.5 Å². The fraction of sp³-hybridized carbons (Fsp3) is 0.156. The maximum Gasteiger partial charge on any atom is 0.270 e. The third-order valence-corrected chi connectivity index (χ3v) is 7.21. The average Bonchev–Trinajstić information content (AvgIpc) is 3.20. The molecule has 1 aliphatic heterocycles. The van der Waals surface area contributed by atoms with Crippen LogP contribution in [0.5, 0.6) is 5.75 Å². The molecule has 0 spiro atoms. The zero-order chi connectivity index (χ0) is 28.6. The van der Waals surface area contributed by atoms with Crippen LogP contribution in [0.4, 0.5) is 10.1 Å². The van der Waals surface area contributed by atoms with Gasteiger partial charge in [-0.25, -0.2) is 4.39 Å². The molecule has 1 fully saturated rings. The molecule has 40 heavy (non-hydrogen) atoms. The van der Waals surface area contributed by atoms with Crippen molar-refractivity contribution in [3.8, 4) is 11.4 Å². The molecule has 0 bridgehead atoms. The number of aromatic nitrogens is 1. The number of benzene rings is 3. The Balaban J connectivity index is 1.42. The number of thiocarbonyl (C=S) groups is 1. The largest absolute Gasteiger partial charge is 0.489 e. The van der Waals surface area contributed by atoms with Crippen LogP contribution >= 0.6 is 12.2 Å². The van der Waals surface area contributed by atoms with E-state index in [-0.39, 0.29) is 23.1 Å². The number of nitrogens with zero attached hydrogens (tertiary/aromatic N) is 2. The highest BCUT2D eigenvalue weighted by Gasteiger charge is 2.35. The molecule has 0 atom stereocenters. The van der Waals surface area contributed by atoms with E-state index >= 15 is 0 Å². The lowest BCUT2D eigenvalue weighted by molar-refractivity contribution is -0.122. The van der Waals surface area contributed by atoms with Crippen LogP contribution < -0.4 is 15.0 Å². The van der Waals surface area contributed by atoms with E-state index in [2.05, 4.69) is 5.32 Å². The SMILES string of the molecule is Cc1ccc(C)c(N2C(=O)/C(=C/c3cc(C)n(-c4ccc(OCc5ccccc5F)cc4)c3C)C(=O)NC2=S)c1. The minimum Gasteiger partial charge on any atom is -0.489 e. The standard InChI is InChI=1S/C32H28FN3O3S/c1-19-9-10-20(2)29(15-19)36-31(38)27(30(37)34-32(36)40)17-24-16-21(3)35(22(24)4)25-11-13-26(14-12-25)39-18-23-7-5-6-8-28(23)33/h5-17H,18H2,1-4H3,(H,34,37,40)/b27-17+. The first-order valence-electron chi connectivity index (χ1n) is 12.8. The van der Waals surface area contributed by atoms with Crippen molar-refractivity contribution in [3.63, 3.8) is 0 Å². The van der Waals surface area contributed by atoms with E-state index in [1.807, 2.05) is 80.8 Å². The number of rotatable bonds is 6. The summed E-state index contributed by atoms with van der Waals surface area (Å²) in [6.45, 7) is 7.85. The van der Waals surface area contributed by atoms with Gasteiger partial charge in [-0.3, -0.25) is 19.8 Å². The third-order valence-electron chi connectivity index (χ3n) is 6.92. The summed E-state index contributed by atoms with van der Waals surface area (Å²) >= 11 is 5.37. The van der Waals surface area contributed by atoms with E-state index in [1.165, 1.54) is 11.0 Å². The molecular weight excluding hydrogens is 525 g/mol. The molecular formula is C32H28FN3O3S. The maximum absolute atomic E-state index is 13.9. The predicted octanol–water partition coefficient (Wildman–Crippen LogP) is 6.26. The van der Waals surface area contributed by atoms with Gasteiger partial charge in [0.05, 0.1) is 5.69 Å². The fourth-order valence-corrected chi connectivity index (χ4v) is 5.07. The lowest BCUT2D eigenvalue weighted by Gasteiger charge is -2.30. The zero-order valence-corrected chi connectivity index (χ0v) is 23.4. The number of carbonyl (C=O) groups excluding carboxylic acids is 2. The fourth-order valence-electron chi connectivity index (χ4n) is 4.79. The van der Waals surface area contributed by atoms with Crippen molar-refractivity contribution in [2.45, 2.75) is 34.3 Å². The molecule has 0 unspecified atom stereocenters. The first-order valence-corrected chi connectivity index (χ1v) is 13.2. The monoisotopic (exact) mass is 553 g/mol. The van der Waals surface area contributed by atoms with Crippen LogP contribution in [-0.2, 0) is 16.2 Å². The molecule has 2 heterocycles. The Morgan fingerprint density at radius 3 is 2.40 bits per heavy atom. The molecule has 1 aliphatic rings. The summed E-state index contributed by atoms with van der Waals surface area (Å²) in [5.41, 5.74) is 6.39. The van der Waals surface area contributed by atoms with E-state index in [4.69, 9.17) is 17.0 Å². The zero-order valence-electron chi connectivity index (χ0n) is 22.6. The van der Waals surface area contributed by atoms with Gasteiger partial charge in [-0.05, 0) is 105 Å².